The van der Waals surface area contributed by atoms with E-state index in [9.17, 15) is 28.2 Å². The summed E-state index contributed by atoms with van der Waals surface area (Å²) in [5.74, 6) is -0.816. The number of aliphatic hydroxyl groups excluding tert-OH is 1. The SMILES string of the molecule is Cc1ccc(S(=O)(=O)NC(Cc2ccccc2)C(=O)NCc2ccc(C3OC(CSc4ccc(C(=O)O)cc4)CC(c4ccc(CO)cc4)O3)cc2)cc1. The zero-order valence-corrected chi connectivity index (χ0v) is 31.3. The van der Waals surface area contributed by atoms with E-state index in [0.29, 0.717) is 12.2 Å². The van der Waals surface area contributed by atoms with Crippen LogP contribution in [0.4, 0.5) is 0 Å². The van der Waals surface area contributed by atoms with Gasteiger partial charge in [-0.3, -0.25) is 4.79 Å². The molecule has 1 heterocycles. The topological polar surface area (TPSA) is 151 Å². The number of sulfonamides is 1. The Morgan fingerprint density at radius 1 is 0.796 bits per heavy atom. The van der Waals surface area contributed by atoms with Crippen molar-refractivity contribution in [3.8, 4) is 0 Å². The molecule has 5 aromatic carbocycles. The molecule has 1 fully saturated rings. The lowest BCUT2D eigenvalue weighted by Gasteiger charge is -2.36. The molecule has 0 spiro atoms. The molecule has 4 N–H and O–H groups in total. The van der Waals surface area contributed by atoms with Crippen LogP contribution >= 0.6 is 11.8 Å². The number of hydrogen-bond donors (Lipinski definition) is 4. The Balaban J connectivity index is 1.13. The Bertz CT molecular complexity index is 2110. The second-order valence-corrected chi connectivity index (χ2v) is 15.9. The first-order chi connectivity index (χ1) is 26.1. The molecule has 12 heteroatoms. The van der Waals surface area contributed by atoms with E-state index in [1.807, 2.05) is 85.8 Å². The van der Waals surface area contributed by atoms with E-state index < -0.39 is 34.2 Å². The number of aryl methyl sites for hydroxylation is 1. The van der Waals surface area contributed by atoms with Crippen molar-refractivity contribution in [3.63, 3.8) is 0 Å². The minimum Gasteiger partial charge on any atom is -0.478 e. The van der Waals surface area contributed by atoms with Crippen LogP contribution in [0.2, 0.25) is 0 Å². The summed E-state index contributed by atoms with van der Waals surface area (Å²) >= 11 is 1.58. The molecule has 280 valence electrons. The molecule has 0 aliphatic carbocycles. The maximum absolute atomic E-state index is 13.5. The molecule has 1 amide bonds. The van der Waals surface area contributed by atoms with Gasteiger partial charge in [0.05, 0.1) is 29.3 Å². The Kier molecular flexibility index (Phi) is 13.0. The molecule has 1 saturated heterocycles. The standard InChI is InChI=1S/C42H42N2O8S2/c1-28-7-21-37(22-8-28)54(49,50)44-38(23-29-5-3-2-4-6-29)40(46)43-25-30-9-15-34(16-10-30)42-51-35(27-53-36-19-17-33(18-20-36)41(47)48)24-39(52-42)32-13-11-31(26-45)12-14-32/h2-22,35,38-39,42,44-45H,23-27H2,1H3,(H,43,46)(H,47,48). The Morgan fingerprint density at radius 2 is 1.44 bits per heavy atom. The van der Waals surface area contributed by atoms with E-state index in [4.69, 9.17) is 9.47 Å². The Morgan fingerprint density at radius 3 is 2.09 bits per heavy atom. The zero-order valence-electron chi connectivity index (χ0n) is 29.6. The zero-order chi connectivity index (χ0) is 38.1. The Labute approximate surface area is 319 Å². The molecular formula is C42H42N2O8S2. The van der Waals surface area contributed by atoms with Crippen molar-refractivity contribution in [2.45, 2.75) is 67.2 Å². The number of rotatable bonds is 15. The van der Waals surface area contributed by atoms with Crippen LogP contribution in [-0.4, -0.2) is 48.4 Å². The largest absolute Gasteiger partial charge is 0.478 e. The average molecular weight is 767 g/mol. The maximum Gasteiger partial charge on any atom is 0.335 e. The van der Waals surface area contributed by atoms with E-state index >= 15 is 0 Å². The lowest BCUT2D eigenvalue weighted by atomic mass is 10.0. The summed E-state index contributed by atoms with van der Waals surface area (Å²) in [6.07, 6.45) is -0.391. The fourth-order valence-corrected chi connectivity index (χ4v) is 8.14. The summed E-state index contributed by atoms with van der Waals surface area (Å²) in [7, 11) is -3.97. The van der Waals surface area contributed by atoms with Gasteiger partial charge in [0.1, 0.15) is 6.04 Å². The van der Waals surface area contributed by atoms with Crippen molar-refractivity contribution in [2.75, 3.05) is 5.75 Å². The van der Waals surface area contributed by atoms with Gasteiger partial charge in [0, 0.05) is 29.2 Å². The highest BCUT2D eigenvalue weighted by Gasteiger charge is 2.32. The highest BCUT2D eigenvalue weighted by atomic mass is 32.2. The number of amides is 1. The van der Waals surface area contributed by atoms with Gasteiger partial charge >= 0.3 is 5.97 Å². The Hall–Kier alpha value is -4.82. The average Bonchev–Trinajstić information content (AvgIpc) is 3.19. The molecule has 0 aromatic heterocycles. The van der Waals surface area contributed by atoms with Crippen molar-refractivity contribution < 1.29 is 37.7 Å². The second-order valence-electron chi connectivity index (χ2n) is 13.1. The highest BCUT2D eigenvalue weighted by Crippen LogP contribution is 2.39. The van der Waals surface area contributed by atoms with Crippen molar-refractivity contribution in [3.05, 3.63) is 166 Å². The number of nitrogens with one attached hydrogen (secondary N) is 2. The number of hydrogen-bond acceptors (Lipinski definition) is 8. The summed E-state index contributed by atoms with van der Waals surface area (Å²) in [4.78, 5) is 25.8. The quantitative estimate of drug-likeness (QED) is 0.0851. The van der Waals surface area contributed by atoms with Gasteiger partial charge in [0.15, 0.2) is 6.29 Å². The van der Waals surface area contributed by atoms with Gasteiger partial charge in [-0.1, -0.05) is 96.6 Å². The van der Waals surface area contributed by atoms with Gasteiger partial charge in [-0.2, -0.15) is 4.72 Å². The van der Waals surface area contributed by atoms with Crippen molar-refractivity contribution in [1.82, 2.24) is 10.0 Å². The van der Waals surface area contributed by atoms with Crippen LogP contribution in [0.1, 0.15) is 62.6 Å². The smallest absolute Gasteiger partial charge is 0.335 e. The first-order valence-corrected chi connectivity index (χ1v) is 20.0. The third-order valence-electron chi connectivity index (χ3n) is 9.10. The van der Waals surface area contributed by atoms with Gasteiger partial charge in [0.2, 0.25) is 15.9 Å². The monoisotopic (exact) mass is 766 g/mol. The molecular weight excluding hydrogens is 725 g/mol. The summed E-state index contributed by atoms with van der Waals surface area (Å²) in [6.45, 7) is 1.99. The summed E-state index contributed by atoms with van der Waals surface area (Å²) < 4.78 is 42.1. The molecule has 54 heavy (non-hydrogen) atoms. The van der Waals surface area contributed by atoms with Crippen LogP contribution in [0.15, 0.2) is 137 Å². The number of ether oxygens (including phenoxy) is 2. The number of carbonyl (C=O) groups excluding carboxylic acids is 1. The number of carboxylic acids is 1. The third kappa shape index (κ3) is 10.4. The van der Waals surface area contributed by atoms with E-state index in [1.54, 1.807) is 48.2 Å². The van der Waals surface area contributed by atoms with Crippen molar-refractivity contribution >= 4 is 33.7 Å². The molecule has 0 radical (unpaired) electrons. The number of carboxylic acid groups (broad SMARTS) is 1. The van der Waals surface area contributed by atoms with Crippen LogP contribution in [0.3, 0.4) is 0 Å². The fraction of sp³-hybridized carbons (Fsp3) is 0.238. The predicted octanol–water partition coefficient (Wildman–Crippen LogP) is 6.73. The predicted molar refractivity (Wildman–Crippen MR) is 206 cm³/mol. The van der Waals surface area contributed by atoms with Crippen LogP contribution in [0.25, 0.3) is 0 Å². The molecule has 10 nitrogen and oxygen atoms in total. The van der Waals surface area contributed by atoms with Gasteiger partial charge in [-0.25, -0.2) is 13.2 Å². The summed E-state index contributed by atoms with van der Waals surface area (Å²) in [5.41, 5.74) is 5.32. The van der Waals surface area contributed by atoms with Gasteiger partial charge in [0.25, 0.3) is 0 Å². The number of thioether (sulfide) groups is 1. The normalized spacial score (nSPS) is 17.8. The van der Waals surface area contributed by atoms with E-state index in [0.717, 1.165) is 38.3 Å². The van der Waals surface area contributed by atoms with Gasteiger partial charge in [-0.15, -0.1) is 11.8 Å². The molecule has 0 bridgehead atoms. The summed E-state index contributed by atoms with van der Waals surface area (Å²) in [5, 5.41) is 21.7. The molecule has 4 unspecified atom stereocenters. The first kappa shape index (κ1) is 38.9. The summed E-state index contributed by atoms with van der Waals surface area (Å²) in [6, 6.07) is 36.6. The highest BCUT2D eigenvalue weighted by molar-refractivity contribution is 7.99. The number of benzene rings is 5. The lowest BCUT2D eigenvalue weighted by Crippen LogP contribution is -2.47. The first-order valence-electron chi connectivity index (χ1n) is 17.5. The van der Waals surface area contributed by atoms with Crippen LogP contribution in [0, 0.1) is 6.92 Å². The number of carbonyl (C=O) groups is 2. The van der Waals surface area contributed by atoms with Crippen LogP contribution < -0.4 is 10.0 Å². The minimum absolute atomic E-state index is 0.0546. The van der Waals surface area contributed by atoms with Gasteiger partial charge < -0.3 is 25.0 Å². The molecule has 1 aliphatic heterocycles. The van der Waals surface area contributed by atoms with Gasteiger partial charge in [-0.05, 0) is 72.0 Å². The van der Waals surface area contributed by atoms with Crippen molar-refractivity contribution in [2.24, 2.45) is 0 Å². The molecule has 5 aromatic rings. The lowest BCUT2D eigenvalue weighted by molar-refractivity contribution is -0.245. The van der Waals surface area contributed by atoms with Crippen LogP contribution in [-0.2, 0) is 43.9 Å². The molecule has 6 rings (SSSR count). The molecule has 1 aliphatic rings. The fourth-order valence-electron chi connectivity index (χ4n) is 6.02. The third-order valence-corrected chi connectivity index (χ3v) is 11.7. The van der Waals surface area contributed by atoms with Crippen LogP contribution in [0.5, 0.6) is 0 Å². The second kappa shape index (κ2) is 18.0. The van der Waals surface area contributed by atoms with E-state index in [1.165, 1.54) is 12.1 Å². The molecule has 0 saturated carbocycles. The van der Waals surface area contributed by atoms with Crippen molar-refractivity contribution in [1.29, 1.82) is 0 Å². The van der Waals surface area contributed by atoms with E-state index in [2.05, 4.69) is 10.0 Å². The minimum atomic E-state index is -3.97. The number of aromatic carboxylic acids is 1. The molecule has 4 atom stereocenters. The number of aliphatic hydroxyl groups is 1. The maximum atomic E-state index is 13.5. The van der Waals surface area contributed by atoms with E-state index in [-0.39, 0.29) is 42.2 Å².